The minimum atomic E-state index is -0.850. The number of aromatic nitrogens is 5. The van der Waals surface area contributed by atoms with E-state index < -0.39 is 11.3 Å². The number of nitriles is 1. The van der Waals surface area contributed by atoms with Gasteiger partial charge in [-0.3, -0.25) is 14.3 Å². The molecular formula is C23H27N9O2. The number of amides is 2. The van der Waals surface area contributed by atoms with Crippen LogP contribution in [0.4, 0.5) is 5.69 Å². The lowest BCUT2D eigenvalue weighted by atomic mass is 10.1. The van der Waals surface area contributed by atoms with Crippen LogP contribution < -0.4 is 11.1 Å². The van der Waals surface area contributed by atoms with Crippen LogP contribution in [-0.4, -0.2) is 60.2 Å². The maximum atomic E-state index is 12.9. The topological polar surface area (TPSA) is 147 Å². The molecule has 0 radical (unpaired) electrons. The van der Waals surface area contributed by atoms with Gasteiger partial charge in [0, 0.05) is 37.4 Å². The zero-order valence-electron chi connectivity index (χ0n) is 19.2. The number of aryl methyl sites for hydroxylation is 1. The van der Waals surface area contributed by atoms with Gasteiger partial charge in [0.15, 0.2) is 5.65 Å². The highest BCUT2D eigenvalue weighted by Gasteiger charge is 2.54. The molecular weight excluding hydrogens is 434 g/mol. The summed E-state index contributed by atoms with van der Waals surface area (Å²) < 4.78 is 3.47. The zero-order chi connectivity index (χ0) is 24.0. The molecule has 2 aliphatic rings. The molecule has 4 heterocycles. The molecule has 0 bridgehead atoms. The average molecular weight is 462 g/mol. The second-order valence-corrected chi connectivity index (χ2v) is 9.32. The fourth-order valence-electron chi connectivity index (χ4n) is 4.56. The van der Waals surface area contributed by atoms with Crippen molar-refractivity contribution in [3.05, 3.63) is 30.4 Å². The molecule has 0 unspecified atom stereocenters. The molecule has 3 aromatic rings. The first-order valence-corrected chi connectivity index (χ1v) is 11.5. The Morgan fingerprint density at radius 2 is 2.06 bits per heavy atom. The number of carbonyl (C=O) groups excluding carboxylic acids is 2. The van der Waals surface area contributed by atoms with Crippen LogP contribution in [0.1, 0.15) is 43.5 Å². The first-order chi connectivity index (χ1) is 16.3. The summed E-state index contributed by atoms with van der Waals surface area (Å²) in [5.41, 5.74) is 7.54. The maximum Gasteiger partial charge on any atom is 0.252 e. The van der Waals surface area contributed by atoms with Crippen LogP contribution in [-0.2, 0) is 11.3 Å². The zero-order valence-corrected chi connectivity index (χ0v) is 19.2. The Morgan fingerprint density at radius 3 is 2.74 bits per heavy atom. The van der Waals surface area contributed by atoms with E-state index in [9.17, 15) is 14.9 Å². The van der Waals surface area contributed by atoms with Crippen LogP contribution in [0.15, 0.2) is 24.8 Å². The molecule has 3 aromatic heterocycles. The molecule has 1 aliphatic carbocycles. The Kier molecular flexibility index (Phi) is 5.23. The maximum absolute atomic E-state index is 12.9. The van der Waals surface area contributed by atoms with Crippen LogP contribution in [0.2, 0.25) is 0 Å². The van der Waals surface area contributed by atoms with Crippen molar-refractivity contribution in [2.45, 2.75) is 45.7 Å². The standard InChI is InChI=1S/C23H27N9O2/c1-3-6-31-10-15(7-26-31)18-12-32-21(29-18)19(16(8-27-32)20(25)33)28-17-11-30(9-14(17)2)22(34)23(13-24)4-5-23/h7-8,10,12,14,17,28H,3-6,9,11H2,1-2H3,(H2,25,33)/t14-,17-/m1/s1. The molecule has 34 heavy (non-hydrogen) atoms. The van der Waals surface area contributed by atoms with E-state index in [1.54, 1.807) is 21.8 Å². The third kappa shape index (κ3) is 3.65. The van der Waals surface area contributed by atoms with Gasteiger partial charge in [-0.1, -0.05) is 13.8 Å². The number of hydrogen-bond donors (Lipinski definition) is 2. The summed E-state index contributed by atoms with van der Waals surface area (Å²) >= 11 is 0. The summed E-state index contributed by atoms with van der Waals surface area (Å²) in [6, 6.07) is 2.05. The van der Waals surface area contributed by atoms with Gasteiger partial charge in [-0.2, -0.15) is 15.5 Å². The summed E-state index contributed by atoms with van der Waals surface area (Å²) in [4.78, 5) is 31.6. The van der Waals surface area contributed by atoms with Crippen LogP contribution in [0, 0.1) is 22.7 Å². The van der Waals surface area contributed by atoms with E-state index in [4.69, 9.17) is 10.7 Å². The Bertz CT molecular complexity index is 1310. The Labute approximate surface area is 196 Å². The highest BCUT2D eigenvalue weighted by atomic mass is 16.2. The monoisotopic (exact) mass is 461 g/mol. The van der Waals surface area contributed by atoms with Crippen molar-refractivity contribution in [1.82, 2.24) is 29.3 Å². The van der Waals surface area contributed by atoms with Gasteiger partial charge < -0.3 is 16.0 Å². The van der Waals surface area contributed by atoms with Gasteiger partial charge in [0.2, 0.25) is 5.91 Å². The normalized spacial score (nSPS) is 20.9. The Morgan fingerprint density at radius 1 is 1.26 bits per heavy atom. The number of nitrogens with one attached hydrogen (secondary N) is 1. The molecule has 3 N–H and O–H groups in total. The molecule has 1 saturated carbocycles. The summed E-state index contributed by atoms with van der Waals surface area (Å²) in [7, 11) is 0. The third-order valence-corrected chi connectivity index (χ3v) is 6.74. The van der Waals surface area contributed by atoms with Crippen molar-refractivity contribution in [1.29, 1.82) is 5.26 Å². The molecule has 1 saturated heterocycles. The fraction of sp³-hybridized carbons (Fsp3) is 0.478. The minimum Gasteiger partial charge on any atom is -0.376 e. The number of hydrogen-bond acceptors (Lipinski definition) is 7. The van der Waals surface area contributed by atoms with Gasteiger partial charge in [0.05, 0.1) is 41.6 Å². The molecule has 0 aromatic carbocycles. The van der Waals surface area contributed by atoms with Gasteiger partial charge in [-0.05, 0) is 25.2 Å². The molecule has 2 amide bonds. The van der Waals surface area contributed by atoms with E-state index in [1.165, 1.54) is 6.20 Å². The first kappa shape index (κ1) is 21.9. The van der Waals surface area contributed by atoms with Crippen molar-refractivity contribution in [3.63, 3.8) is 0 Å². The quantitative estimate of drug-likeness (QED) is 0.544. The molecule has 2 fully saturated rings. The van der Waals surface area contributed by atoms with E-state index in [0.29, 0.717) is 43.0 Å². The van der Waals surface area contributed by atoms with Gasteiger partial charge in [-0.25, -0.2) is 9.50 Å². The van der Waals surface area contributed by atoms with Gasteiger partial charge in [-0.15, -0.1) is 0 Å². The smallest absolute Gasteiger partial charge is 0.252 e. The van der Waals surface area contributed by atoms with Gasteiger partial charge in [0.1, 0.15) is 5.41 Å². The molecule has 176 valence electrons. The lowest BCUT2D eigenvalue weighted by molar-refractivity contribution is -0.134. The summed E-state index contributed by atoms with van der Waals surface area (Å²) in [5.74, 6) is -0.611. The third-order valence-electron chi connectivity index (χ3n) is 6.74. The largest absolute Gasteiger partial charge is 0.376 e. The fourth-order valence-corrected chi connectivity index (χ4v) is 4.56. The van der Waals surface area contributed by atoms with Gasteiger partial charge >= 0.3 is 0 Å². The second kappa shape index (κ2) is 8.13. The number of nitrogens with zero attached hydrogens (tertiary/aromatic N) is 7. The van der Waals surface area contributed by atoms with E-state index in [-0.39, 0.29) is 23.4 Å². The van der Waals surface area contributed by atoms with E-state index in [0.717, 1.165) is 18.5 Å². The minimum absolute atomic E-state index is 0.103. The predicted octanol–water partition coefficient (Wildman–Crippen LogP) is 1.66. The molecule has 1 aliphatic heterocycles. The number of likely N-dealkylation sites (tertiary alicyclic amines) is 1. The Hall–Kier alpha value is -3.94. The molecule has 11 heteroatoms. The van der Waals surface area contributed by atoms with E-state index >= 15 is 0 Å². The molecule has 11 nitrogen and oxygen atoms in total. The molecule has 0 spiro atoms. The van der Waals surface area contributed by atoms with Crippen molar-refractivity contribution in [3.8, 4) is 17.3 Å². The SMILES string of the molecule is CCCn1cc(-c2cn3ncc(C(N)=O)c(N[C@@H]4CN(C(=O)C5(C#N)CC5)C[C@H]4C)c3n2)cn1. The highest BCUT2D eigenvalue weighted by Crippen LogP contribution is 2.47. The Balaban J connectivity index is 1.46. The summed E-state index contributed by atoms with van der Waals surface area (Å²) in [6.45, 7) is 5.92. The summed E-state index contributed by atoms with van der Waals surface area (Å²) in [6.07, 6.45) is 9.11. The number of anilines is 1. The summed E-state index contributed by atoms with van der Waals surface area (Å²) in [5, 5.41) is 21.5. The number of fused-ring (bicyclic) bond motifs is 1. The average Bonchev–Trinajstić information content (AvgIpc) is 3.10. The molecule has 2 atom stereocenters. The lowest BCUT2D eigenvalue weighted by Crippen LogP contribution is -2.36. The van der Waals surface area contributed by atoms with Crippen LogP contribution >= 0.6 is 0 Å². The number of carbonyl (C=O) groups is 2. The number of nitrogens with two attached hydrogens (primary N) is 1. The van der Waals surface area contributed by atoms with E-state index in [2.05, 4.69) is 28.5 Å². The van der Waals surface area contributed by atoms with Crippen LogP contribution in [0.5, 0.6) is 0 Å². The number of imidazole rings is 1. The predicted molar refractivity (Wildman–Crippen MR) is 123 cm³/mol. The van der Waals surface area contributed by atoms with Crippen molar-refractivity contribution >= 4 is 23.1 Å². The highest BCUT2D eigenvalue weighted by molar-refractivity contribution is 6.01. The van der Waals surface area contributed by atoms with Crippen LogP contribution in [0.25, 0.3) is 16.9 Å². The van der Waals surface area contributed by atoms with Crippen molar-refractivity contribution in [2.24, 2.45) is 17.1 Å². The van der Waals surface area contributed by atoms with E-state index in [1.807, 2.05) is 17.8 Å². The van der Waals surface area contributed by atoms with Crippen molar-refractivity contribution in [2.75, 3.05) is 18.4 Å². The first-order valence-electron chi connectivity index (χ1n) is 11.5. The number of rotatable bonds is 7. The van der Waals surface area contributed by atoms with Crippen LogP contribution in [0.3, 0.4) is 0 Å². The molecule has 5 rings (SSSR count). The van der Waals surface area contributed by atoms with Crippen molar-refractivity contribution < 1.29 is 9.59 Å². The lowest BCUT2D eigenvalue weighted by Gasteiger charge is -2.21. The number of primary amides is 1. The van der Waals surface area contributed by atoms with Gasteiger partial charge in [0.25, 0.3) is 5.91 Å². The second-order valence-electron chi connectivity index (χ2n) is 9.32.